The van der Waals surface area contributed by atoms with E-state index in [1.54, 1.807) is 47.4 Å². The summed E-state index contributed by atoms with van der Waals surface area (Å²) in [6.45, 7) is 0. The molecule has 1 heterocycles. The van der Waals surface area contributed by atoms with Crippen molar-refractivity contribution in [2.45, 2.75) is 12.1 Å². The van der Waals surface area contributed by atoms with Gasteiger partial charge < -0.3 is 10.2 Å². The molecule has 4 aromatic carbocycles. The van der Waals surface area contributed by atoms with Crippen LogP contribution in [0.3, 0.4) is 0 Å². The van der Waals surface area contributed by atoms with Gasteiger partial charge in [-0.15, -0.1) is 0 Å². The minimum atomic E-state index is -0.639. The topological polar surface area (TPSA) is 109 Å². The average Bonchev–Trinajstić information content (AvgIpc) is 3.69. The zero-order chi connectivity index (χ0) is 25.9. The van der Waals surface area contributed by atoms with Gasteiger partial charge in [-0.05, 0) is 29.8 Å². The van der Waals surface area contributed by atoms with Crippen molar-refractivity contribution in [1.29, 1.82) is 0 Å². The minimum Gasteiger partial charge on any atom is -0.322 e. The summed E-state index contributed by atoms with van der Waals surface area (Å²) in [4.78, 5) is 51.5. The Balaban J connectivity index is 1.39. The maximum atomic E-state index is 13.6. The Morgan fingerprint density at radius 1 is 0.730 bits per heavy atom. The van der Waals surface area contributed by atoms with Crippen molar-refractivity contribution in [1.82, 2.24) is 4.90 Å². The number of carbonyl (C=O) groups excluding carboxylic acids is 3. The summed E-state index contributed by atoms with van der Waals surface area (Å²) < 4.78 is 0. The number of anilines is 1. The number of hydrogen-bond donors (Lipinski definition) is 1. The largest absolute Gasteiger partial charge is 0.322 e. The Kier molecular flexibility index (Phi) is 6.30. The fourth-order valence-electron chi connectivity index (χ4n) is 4.36. The third-order valence-corrected chi connectivity index (χ3v) is 6.20. The number of Topliss-reactive ketones (excluding diaryl/α,β-unsaturated/α-hetero) is 1. The average molecular weight is 492 g/mol. The molecule has 8 nitrogen and oxygen atoms in total. The zero-order valence-electron chi connectivity index (χ0n) is 19.5. The standard InChI is InChI=1S/C29H21N3O5/c33-27(20-11-5-2-6-12-20)26-25(19-9-3-1-4-10-19)31(26)29(35)22-14-7-15-23(17-22)30-28(34)21-13-8-16-24(18-21)32(36)37/h1-18,25-26H,(H,30,34)/t25-,26+,31?/m0/s1. The van der Waals surface area contributed by atoms with Gasteiger partial charge in [0, 0.05) is 34.5 Å². The van der Waals surface area contributed by atoms with E-state index in [4.69, 9.17) is 0 Å². The van der Waals surface area contributed by atoms with Gasteiger partial charge >= 0.3 is 0 Å². The Labute approximate surface area is 212 Å². The number of rotatable bonds is 7. The predicted octanol–water partition coefficient (Wildman–Crippen LogP) is 5.30. The Morgan fingerprint density at radius 3 is 2.05 bits per heavy atom. The molecule has 1 aliphatic heterocycles. The lowest BCUT2D eigenvalue weighted by atomic mass is 10.0. The van der Waals surface area contributed by atoms with E-state index in [-0.39, 0.29) is 22.9 Å². The maximum Gasteiger partial charge on any atom is 0.270 e. The lowest BCUT2D eigenvalue weighted by Gasteiger charge is -2.09. The first-order valence-electron chi connectivity index (χ1n) is 11.6. The van der Waals surface area contributed by atoms with Crippen molar-refractivity contribution in [3.63, 3.8) is 0 Å². The highest BCUT2D eigenvalue weighted by Crippen LogP contribution is 2.46. The monoisotopic (exact) mass is 491 g/mol. The molecule has 1 saturated heterocycles. The van der Waals surface area contributed by atoms with Crippen LogP contribution in [-0.2, 0) is 0 Å². The molecule has 0 radical (unpaired) electrons. The molecule has 1 N–H and O–H groups in total. The molecule has 5 rings (SSSR count). The van der Waals surface area contributed by atoms with Crippen molar-refractivity contribution >= 4 is 29.0 Å². The molecule has 0 aromatic heterocycles. The van der Waals surface area contributed by atoms with Gasteiger partial charge in [-0.3, -0.25) is 24.5 Å². The number of nitro benzene ring substituents is 1. The van der Waals surface area contributed by atoms with Crippen LogP contribution in [0.5, 0.6) is 0 Å². The van der Waals surface area contributed by atoms with Crippen molar-refractivity contribution < 1.29 is 19.3 Å². The summed E-state index contributed by atoms with van der Waals surface area (Å²) in [5.41, 5.74) is 1.98. The molecule has 1 aliphatic rings. The van der Waals surface area contributed by atoms with E-state index in [0.29, 0.717) is 16.8 Å². The summed E-state index contributed by atoms with van der Waals surface area (Å²) >= 11 is 0. The summed E-state index contributed by atoms with van der Waals surface area (Å²) in [6.07, 6.45) is 0. The van der Waals surface area contributed by atoms with E-state index < -0.39 is 22.9 Å². The van der Waals surface area contributed by atoms with Crippen molar-refractivity contribution in [3.8, 4) is 0 Å². The first-order valence-corrected chi connectivity index (χ1v) is 11.6. The van der Waals surface area contributed by atoms with E-state index in [2.05, 4.69) is 5.32 Å². The second kappa shape index (κ2) is 9.87. The Hall–Kier alpha value is -5.11. The normalized spacial score (nSPS) is 16.1. The van der Waals surface area contributed by atoms with Gasteiger partial charge in [0.15, 0.2) is 5.78 Å². The van der Waals surface area contributed by atoms with Gasteiger partial charge in [0.2, 0.25) is 0 Å². The van der Waals surface area contributed by atoms with Gasteiger partial charge in [-0.25, -0.2) is 0 Å². The third-order valence-electron chi connectivity index (χ3n) is 6.20. The Morgan fingerprint density at radius 2 is 1.35 bits per heavy atom. The molecule has 1 fully saturated rings. The van der Waals surface area contributed by atoms with Crippen LogP contribution in [0.2, 0.25) is 0 Å². The third kappa shape index (κ3) is 4.85. The predicted molar refractivity (Wildman–Crippen MR) is 137 cm³/mol. The van der Waals surface area contributed by atoms with Gasteiger partial charge in [0.05, 0.1) is 11.0 Å². The minimum absolute atomic E-state index is 0.120. The van der Waals surface area contributed by atoms with Crippen LogP contribution in [-0.4, -0.2) is 33.5 Å². The fourth-order valence-corrected chi connectivity index (χ4v) is 4.36. The molecule has 0 unspecified atom stereocenters. The number of nitrogens with one attached hydrogen (secondary N) is 1. The van der Waals surface area contributed by atoms with Gasteiger partial charge in [0.1, 0.15) is 6.04 Å². The van der Waals surface area contributed by atoms with E-state index in [9.17, 15) is 24.5 Å². The quantitative estimate of drug-likeness (QED) is 0.163. The highest BCUT2D eigenvalue weighted by Gasteiger charge is 2.56. The SMILES string of the molecule is O=C(Nc1cccc(C(=O)N2[C@@H](C(=O)c3ccccc3)[C@@H]2c2ccccc2)c1)c1cccc([N+](=O)[O-])c1. The maximum absolute atomic E-state index is 13.6. The molecule has 0 saturated carbocycles. The fraction of sp³-hybridized carbons (Fsp3) is 0.0690. The van der Waals surface area contributed by atoms with Gasteiger partial charge in [-0.2, -0.15) is 0 Å². The van der Waals surface area contributed by atoms with Crippen LogP contribution in [0, 0.1) is 10.1 Å². The molecule has 8 heteroatoms. The highest BCUT2D eigenvalue weighted by molar-refractivity contribution is 6.09. The molecule has 0 bridgehead atoms. The van der Waals surface area contributed by atoms with Crippen molar-refractivity contribution in [3.05, 3.63) is 142 Å². The first-order chi connectivity index (χ1) is 17.9. The van der Waals surface area contributed by atoms with Crippen molar-refractivity contribution in [2.24, 2.45) is 0 Å². The molecule has 0 spiro atoms. The lowest BCUT2D eigenvalue weighted by Crippen LogP contribution is -2.19. The molecule has 2 atom stereocenters. The van der Waals surface area contributed by atoms with E-state index >= 15 is 0 Å². The molecule has 4 aromatic rings. The van der Waals surface area contributed by atoms with Crippen LogP contribution in [0.25, 0.3) is 0 Å². The molecule has 0 aliphatic carbocycles. The number of amides is 2. The van der Waals surface area contributed by atoms with Crippen LogP contribution in [0.1, 0.15) is 42.7 Å². The molecule has 182 valence electrons. The van der Waals surface area contributed by atoms with Crippen LogP contribution >= 0.6 is 0 Å². The second-order valence-electron chi connectivity index (χ2n) is 8.59. The number of nitrogens with zero attached hydrogens (tertiary/aromatic N) is 2. The molecule has 37 heavy (non-hydrogen) atoms. The van der Waals surface area contributed by atoms with Crippen LogP contribution in [0.15, 0.2) is 109 Å². The molecular formula is C29H21N3O5. The summed E-state index contributed by atoms with van der Waals surface area (Å²) in [6, 6.07) is 29.0. The second-order valence-corrected chi connectivity index (χ2v) is 8.59. The number of carbonyl (C=O) groups is 3. The zero-order valence-corrected chi connectivity index (χ0v) is 19.5. The Bertz CT molecular complexity index is 1500. The summed E-state index contributed by atoms with van der Waals surface area (Å²) in [7, 11) is 0. The number of nitro groups is 1. The smallest absolute Gasteiger partial charge is 0.270 e. The van der Waals surface area contributed by atoms with Gasteiger partial charge in [-0.1, -0.05) is 72.8 Å². The first kappa shape index (κ1) is 23.6. The molecule has 2 amide bonds. The number of benzene rings is 4. The van der Waals surface area contributed by atoms with Crippen molar-refractivity contribution in [2.75, 3.05) is 5.32 Å². The summed E-state index contributed by atoms with van der Waals surface area (Å²) in [5, 5.41) is 13.7. The van der Waals surface area contributed by atoms with Crippen LogP contribution in [0.4, 0.5) is 11.4 Å². The summed E-state index contributed by atoms with van der Waals surface area (Å²) in [5.74, 6) is -1.02. The van der Waals surface area contributed by atoms with E-state index in [1.165, 1.54) is 30.3 Å². The number of non-ortho nitro benzene ring substituents is 1. The van der Waals surface area contributed by atoms with E-state index in [0.717, 1.165) is 5.56 Å². The van der Waals surface area contributed by atoms with Crippen LogP contribution < -0.4 is 5.32 Å². The van der Waals surface area contributed by atoms with Gasteiger partial charge in [0.25, 0.3) is 17.5 Å². The number of hydrogen-bond acceptors (Lipinski definition) is 5. The molecular weight excluding hydrogens is 470 g/mol. The van der Waals surface area contributed by atoms with E-state index in [1.807, 2.05) is 36.4 Å². The highest BCUT2D eigenvalue weighted by atomic mass is 16.6. The number of ketones is 1. The lowest BCUT2D eigenvalue weighted by molar-refractivity contribution is -0.384.